The molecular formula is C84H110N16O4. The number of carbonyl (C=O) groups is 4. The van der Waals surface area contributed by atoms with Crippen molar-refractivity contribution in [2.24, 2.45) is 41.4 Å². The second-order valence-corrected chi connectivity index (χ2v) is 30.0. The Morgan fingerprint density at radius 1 is 0.375 bits per heavy atom. The van der Waals surface area contributed by atoms with Crippen LogP contribution in [0.15, 0.2) is 122 Å². The molecule has 5 aliphatic carbocycles. The summed E-state index contributed by atoms with van der Waals surface area (Å²) in [5, 5.41) is 11.9. The van der Waals surface area contributed by atoms with E-state index in [-0.39, 0.29) is 29.5 Å². The van der Waals surface area contributed by atoms with Gasteiger partial charge in [-0.2, -0.15) is 0 Å². The zero-order valence-corrected chi connectivity index (χ0v) is 61.9. The summed E-state index contributed by atoms with van der Waals surface area (Å²) in [6.45, 7) is 9.51. The number of rotatable bonds is 22. The predicted molar refractivity (Wildman–Crippen MR) is 420 cm³/mol. The van der Waals surface area contributed by atoms with Gasteiger partial charge in [0.2, 0.25) is 23.6 Å². The van der Waals surface area contributed by atoms with Crippen molar-refractivity contribution in [1.82, 2.24) is 39.9 Å². The highest BCUT2D eigenvalue weighted by atomic mass is 16.2. The number of nitrogens with two attached hydrogens (primary N) is 4. The molecule has 4 aromatic heterocycles. The van der Waals surface area contributed by atoms with Crippen molar-refractivity contribution < 1.29 is 19.2 Å². The molecule has 0 spiro atoms. The molecule has 5 saturated carbocycles. The summed E-state index contributed by atoms with van der Waals surface area (Å²) in [6.07, 6.45) is 38.6. The minimum atomic E-state index is -0.118. The Balaban J connectivity index is 0.000000149. The van der Waals surface area contributed by atoms with Crippen LogP contribution >= 0.6 is 0 Å². The SMILES string of the molecule is CC(=O)Nc1ncc(-c2ccc(N)cc2)nc1CC1CCCC1.CC(C)CC(=O)Nc1ncc(-c2ccc(N)cc2)nc1CC1CCCC1.CCC(C)C(=O)Nc1ncc(-c2ccc(N)cc2)nc1CC1CCCC1.Nc1ccc(-c2cnc(NC(=O)CC3CCCCC3)c(CC3CCCC3)n2)cc1. The van der Waals surface area contributed by atoms with Crippen LogP contribution in [-0.2, 0) is 44.9 Å². The lowest BCUT2D eigenvalue weighted by Crippen LogP contribution is -2.22. The molecule has 5 fully saturated rings. The van der Waals surface area contributed by atoms with E-state index in [1.807, 2.05) is 125 Å². The molecular weight excluding hydrogens is 1300 g/mol. The minimum absolute atomic E-state index is 0.00204. The Bertz CT molecular complexity index is 4060. The predicted octanol–water partition coefficient (Wildman–Crippen LogP) is 17.7. The average molecular weight is 1410 g/mol. The van der Waals surface area contributed by atoms with Crippen molar-refractivity contribution in [3.05, 3.63) is 145 Å². The maximum Gasteiger partial charge on any atom is 0.228 e. The van der Waals surface area contributed by atoms with Gasteiger partial charge < -0.3 is 44.2 Å². The molecule has 550 valence electrons. The lowest BCUT2D eigenvalue weighted by atomic mass is 9.87. The maximum absolute atomic E-state index is 12.7. The zero-order valence-electron chi connectivity index (χ0n) is 61.9. The molecule has 12 N–H and O–H groups in total. The third-order valence-corrected chi connectivity index (χ3v) is 20.9. The number of anilines is 8. The van der Waals surface area contributed by atoms with Crippen LogP contribution in [0.5, 0.6) is 0 Å². The zero-order chi connectivity index (χ0) is 73.3. The smallest absolute Gasteiger partial charge is 0.228 e. The Morgan fingerprint density at radius 3 is 0.933 bits per heavy atom. The fourth-order valence-corrected chi connectivity index (χ4v) is 14.8. The monoisotopic (exact) mass is 1410 g/mol. The third-order valence-electron chi connectivity index (χ3n) is 20.9. The topological polar surface area (TPSA) is 324 Å². The van der Waals surface area contributed by atoms with Crippen molar-refractivity contribution in [2.45, 2.75) is 214 Å². The van der Waals surface area contributed by atoms with Crippen molar-refractivity contribution >= 4 is 69.6 Å². The highest BCUT2D eigenvalue weighted by Crippen LogP contribution is 2.36. The Hall–Kier alpha value is -9.72. The second kappa shape index (κ2) is 38.7. The summed E-state index contributed by atoms with van der Waals surface area (Å²) in [4.78, 5) is 86.2. The molecule has 0 saturated heterocycles. The molecule has 8 aromatic rings. The van der Waals surface area contributed by atoms with Gasteiger partial charge in [-0.15, -0.1) is 0 Å². The van der Waals surface area contributed by atoms with Crippen LogP contribution in [0.2, 0.25) is 0 Å². The standard InChI is InChI=1S/C24H32N4O.2C21H28N4O.C18H22N4O/c25-20-12-10-19(11-13-20)22-16-26-24(21(27-22)14-17-8-4-5-9-17)28-23(29)15-18-6-2-1-3-7-18;1-14(2)11-20(26)25-21-18(12-15-5-3-4-6-15)24-19(13-23-21)16-7-9-17(22)10-8-16;1-3-14(2)21(26)25-20-18(12-15-6-4-5-7-15)24-19(13-23-20)16-8-10-17(22)11-9-16;1-12(23)21-18-16(10-13-4-2-3-5-13)22-17(11-20-18)14-6-8-15(19)9-7-14/h10-13,16-18H,1-9,14-15,25H2,(H,26,28,29);7-10,13-15H,3-6,11-12,22H2,1-2H3,(H,23,25,26);8-11,13-15H,3-7,12,22H2,1-2H3,(H,23,25,26);6-9,11,13H,2-5,10,19H2,1H3,(H,20,21,23). The first-order chi connectivity index (χ1) is 50.4. The molecule has 4 aromatic carbocycles. The number of nitrogens with one attached hydrogen (secondary N) is 4. The van der Waals surface area contributed by atoms with Gasteiger partial charge in [0.25, 0.3) is 0 Å². The van der Waals surface area contributed by atoms with E-state index in [2.05, 4.69) is 41.2 Å². The van der Waals surface area contributed by atoms with Crippen molar-refractivity contribution in [2.75, 3.05) is 44.2 Å². The molecule has 0 radical (unpaired) electrons. The van der Waals surface area contributed by atoms with Crippen LogP contribution in [0.4, 0.5) is 46.0 Å². The largest absolute Gasteiger partial charge is 0.399 e. The van der Waals surface area contributed by atoms with Crippen LogP contribution in [0, 0.1) is 41.4 Å². The van der Waals surface area contributed by atoms with Crippen LogP contribution in [0.1, 0.15) is 211 Å². The fraction of sp³-hybridized carbons (Fsp3) is 0.476. The number of nitrogens with zero attached hydrogens (tertiary/aromatic N) is 8. The second-order valence-electron chi connectivity index (χ2n) is 30.0. The summed E-state index contributed by atoms with van der Waals surface area (Å²) in [5.74, 6) is 5.77. The first kappa shape index (κ1) is 76.9. The number of hydrogen-bond donors (Lipinski definition) is 8. The number of aromatic nitrogens is 8. The Labute approximate surface area is 615 Å². The van der Waals surface area contributed by atoms with Gasteiger partial charge in [0.05, 0.1) is 70.3 Å². The molecule has 104 heavy (non-hydrogen) atoms. The van der Waals surface area contributed by atoms with E-state index in [0.717, 1.165) is 123 Å². The Morgan fingerprint density at radius 2 is 0.644 bits per heavy atom. The summed E-state index contributed by atoms with van der Waals surface area (Å²) >= 11 is 0. The minimum Gasteiger partial charge on any atom is -0.399 e. The van der Waals surface area contributed by atoms with E-state index >= 15 is 0 Å². The maximum atomic E-state index is 12.7. The lowest BCUT2D eigenvalue weighted by molar-refractivity contribution is -0.119. The van der Waals surface area contributed by atoms with E-state index in [1.54, 1.807) is 24.8 Å². The molecule has 5 aliphatic rings. The molecule has 1 unspecified atom stereocenters. The quantitative estimate of drug-likeness (QED) is 0.0292. The summed E-state index contributed by atoms with van der Waals surface area (Å²) in [5.41, 5.74) is 36.8. The molecule has 20 nitrogen and oxygen atoms in total. The van der Waals surface area contributed by atoms with E-state index in [9.17, 15) is 19.2 Å². The Kier molecular flexibility index (Phi) is 28.6. The van der Waals surface area contributed by atoms with Gasteiger partial charge in [-0.05, 0) is 129 Å². The molecule has 4 heterocycles. The molecule has 0 aliphatic heterocycles. The number of nitrogen functional groups attached to an aromatic ring is 4. The first-order valence-corrected chi connectivity index (χ1v) is 38.4. The van der Waals surface area contributed by atoms with Gasteiger partial charge in [-0.25, -0.2) is 39.9 Å². The van der Waals surface area contributed by atoms with E-state index in [4.69, 9.17) is 42.9 Å². The van der Waals surface area contributed by atoms with E-state index in [1.165, 1.54) is 142 Å². The fourth-order valence-electron chi connectivity index (χ4n) is 14.8. The van der Waals surface area contributed by atoms with Crippen LogP contribution < -0.4 is 44.2 Å². The molecule has 4 amide bonds. The molecule has 13 rings (SSSR count). The van der Waals surface area contributed by atoms with Gasteiger partial charge >= 0.3 is 0 Å². The van der Waals surface area contributed by atoms with Gasteiger partial charge in [0.15, 0.2) is 23.3 Å². The van der Waals surface area contributed by atoms with Gasteiger partial charge in [-0.3, -0.25) is 19.2 Å². The van der Waals surface area contributed by atoms with Crippen LogP contribution in [0.25, 0.3) is 45.0 Å². The molecule has 0 bridgehead atoms. The van der Waals surface area contributed by atoms with Crippen molar-refractivity contribution in [3.8, 4) is 45.0 Å². The average Bonchev–Trinajstić information content (AvgIpc) is 1.92. The highest BCUT2D eigenvalue weighted by Gasteiger charge is 2.26. The van der Waals surface area contributed by atoms with E-state index < -0.39 is 0 Å². The van der Waals surface area contributed by atoms with Crippen molar-refractivity contribution in [3.63, 3.8) is 0 Å². The van der Waals surface area contributed by atoms with Crippen LogP contribution in [-0.4, -0.2) is 63.5 Å². The number of amides is 4. The number of carbonyl (C=O) groups excluding carboxylic acids is 4. The van der Waals surface area contributed by atoms with E-state index in [0.29, 0.717) is 71.6 Å². The van der Waals surface area contributed by atoms with Crippen molar-refractivity contribution in [1.29, 1.82) is 0 Å². The summed E-state index contributed by atoms with van der Waals surface area (Å²) < 4.78 is 0. The molecule has 1 atom stereocenters. The normalized spacial score (nSPS) is 15.9. The number of hydrogen-bond acceptors (Lipinski definition) is 16. The van der Waals surface area contributed by atoms with Crippen LogP contribution in [0.3, 0.4) is 0 Å². The van der Waals surface area contributed by atoms with Gasteiger partial charge in [0.1, 0.15) is 0 Å². The number of benzene rings is 4. The van der Waals surface area contributed by atoms with Gasteiger partial charge in [-0.1, -0.05) is 198 Å². The summed E-state index contributed by atoms with van der Waals surface area (Å²) in [6, 6.07) is 30.6. The first-order valence-electron chi connectivity index (χ1n) is 38.4. The third kappa shape index (κ3) is 23.7. The van der Waals surface area contributed by atoms with Gasteiger partial charge in [0, 0.05) is 70.7 Å². The molecule has 20 heteroatoms. The highest BCUT2D eigenvalue weighted by molar-refractivity contribution is 5.93. The lowest BCUT2D eigenvalue weighted by Gasteiger charge is -2.21. The summed E-state index contributed by atoms with van der Waals surface area (Å²) in [7, 11) is 0.